The van der Waals surface area contributed by atoms with E-state index in [9.17, 15) is 71.8 Å². The SMILES string of the molecule is Cc1ccc(CC2CN(C)CCN(CP(=O)(O)O)CCN(CP(=O)(O)O)CCN(CP(=O)(O)O)CCN(CP(=O)(O)O)CCN2CP(=O)(O)O)cc1. The van der Waals surface area contributed by atoms with E-state index in [1.54, 1.807) is 7.05 Å². The van der Waals surface area contributed by atoms with E-state index in [2.05, 4.69) is 0 Å². The van der Waals surface area contributed by atoms with Gasteiger partial charge < -0.3 is 53.8 Å². The molecule has 1 aliphatic rings. The van der Waals surface area contributed by atoms with Crippen LogP contribution in [0.3, 0.4) is 0 Å². The molecule has 1 atom stereocenters. The van der Waals surface area contributed by atoms with Crippen molar-refractivity contribution in [2.75, 3.05) is 110 Å². The average Bonchev–Trinajstić information content (AvgIpc) is 2.94. The Hall–Kier alpha value is -0.270. The Bertz CT molecular complexity index is 1480. The summed E-state index contributed by atoms with van der Waals surface area (Å²) in [6.07, 6.45) is -3.35. The van der Waals surface area contributed by atoms with Crippen LogP contribution >= 0.6 is 38.0 Å². The molecule has 1 unspecified atom stereocenters. The van der Waals surface area contributed by atoms with Gasteiger partial charge in [0, 0.05) is 78.0 Å². The summed E-state index contributed by atoms with van der Waals surface area (Å²) in [4.78, 5) is 107. The number of hydrogen-bond acceptors (Lipinski definition) is 11. The van der Waals surface area contributed by atoms with Crippen molar-refractivity contribution in [3.8, 4) is 0 Å². The summed E-state index contributed by atoms with van der Waals surface area (Å²) in [6, 6.07) is 6.94. The lowest BCUT2D eigenvalue weighted by Gasteiger charge is -2.37. The van der Waals surface area contributed by atoms with E-state index >= 15 is 0 Å². The van der Waals surface area contributed by atoms with Crippen LogP contribution in [0.5, 0.6) is 0 Å². The summed E-state index contributed by atoms with van der Waals surface area (Å²) in [5, 5.41) is 0. The molecule has 2 rings (SSSR count). The molecule has 1 heterocycles. The van der Waals surface area contributed by atoms with Gasteiger partial charge in [0.25, 0.3) is 0 Å². The van der Waals surface area contributed by atoms with Crippen molar-refractivity contribution in [2.45, 2.75) is 19.4 Å². The van der Waals surface area contributed by atoms with Gasteiger partial charge >= 0.3 is 38.0 Å². The Morgan fingerprint density at radius 1 is 0.500 bits per heavy atom. The maximum Gasteiger partial charge on any atom is 0.339 e. The van der Waals surface area contributed by atoms with Gasteiger partial charge in [-0.25, -0.2) is 0 Å². The van der Waals surface area contributed by atoms with Crippen LogP contribution in [0.1, 0.15) is 11.1 Å². The number of benzene rings is 1. The number of likely N-dealkylation sites (N-methyl/N-ethyl adjacent to an activating group) is 1. The second-order valence-corrected chi connectivity index (χ2v) is 21.5. The Labute approximate surface area is 304 Å². The van der Waals surface area contributed by atoms with Gasteiger partial charge in [-0.05, 0) is 26.0 Å². The smallest absolute Gasteiger partial charge is 0.324 e. The second-order valence-electron chi connectivity index (χ2n) is 13.4. The molecule has 1 saturated heterocycles. The van der Waals surface area contributed by atoms with Crippen LogP contribution in [0.15, 0.2) is 24.3 Å². The molecular formula is C26H55N6O15P5. The van der Waals surface area contributed by atoms with Crippen LogP contribution in [0, 0.1) is 6.92 Å². The molecule has 26 heteroatoms. The van der Waals surface area contributed by atoms with Crippen LogP contribution in [-0.4, -0.2) is 195 Å². The normalized spacial score (nSPS) is 21.6. The highest BCUT2D eigenvalue weighted by atomic mass is 31.2. The van der Waals surface area contributed by atoms with Gasteiger partial charge in [0.1, 0.15) is 31.4 Å². The van der Waals surface area contributed by atoms with Crippen molar-refractivity contribution in [3.05, 3.63) is 35.4 Å². The van der Waals surface area contributed by atoms with Gasteiger partial charge in [-0.2, -0.15) is 0 Å². The molecule has 0 saturated carbocycles. The summed E-state index contributed by atoms with van der Waals surface area (Å²) >= 11 is 0. The largest absolute Gasteiger partial charge is 0.339 e. The molecule has 0 aromatic heterocycles. The summed E-state index contributed by atoms with van der Waals surface area (Å²) in [7, 11) is -21.6. The number of rotatable bonds is 12. The lowest BCUT2D eigenvalue weighted by atomic mass is 10.0. The number of hydrogen-bond donors (Lipinski definition) is 10. The molecule has 1 aromatic rings. The molecule has 1 aromatic carbocycles. The highest BCUT2D eigenvalue weighted by Crippen LogP contribution is 2.39. The zero-order valence-corrected chi connectivity index (χ0v) is 33.8. The summed E-state index contributed by atoms with van der Waals surface area (Å²) < 4.78 is 60.7. The quantitative estimate of drug-likeness (QED) is 0.113. The van der Waals surface area contributed by atoms with Crippen molar-refractivity contribution >= 4 is 38.0 Å². The van der Waals surface area contributed by atoms with Crippen molar-refractivity contribution in [1.82, 2.24) is 29.4 Å². The van der Waals surface area contributed by atoms with Gasteiger partial charge in [-0.1, -0.05) is 29.8 Å². The molecule has 1 aliphatic heterocycles. The topological polar surface area (TPSA) is 307 Å². The van der Waals surface area contributed by atoms with E-state index < -0.39 is 75.4 Å². The third-order valence-electron chi connectivity index (χ3n) is 8.23. The van der Waals surface area contributed by atoms with E-state index in [4.69, 9.17) is 0 Å². The van der Waals surface area contributed by atoms with Crippen molar-refractivity contribution in [2.24, 2.45) is 0 Å². The minimum atomic E-state index is -4.70. The average molecular weight is 847 g/mol. The maximum absolute atomic E-state index is 12.4. The fraction of sp³-hybridized carbons (Fsp3) is 0.769. The lowest BCUT2D eigenvalue weighted by molar-refractivity contribution is 0.125. The minimum absolute atomic E-state index is 0.0510. The van der Waals surface area contributed by atoms with Crippen LogP contribution in [0.2, 0.25) is 0 Å². The van der Waals surface area contributed by atoms with E-state index in [0.29, 0.717) is 6.42 Å². The first-order valence-electron chi connectivity index (χ1n) is 16.3. The molecule has 21 nitrogen and oxygen atoms in total. The summed E-state index contributed by atoms with van der Waals surface area (Å²) in [5.74, 6) is 0. The molecule has 52 heavy (non-hydrogen) atoms. The lowest BCUT2D eigenvalue weighted by Crippen LogP contribution is -2.50. The predicted molar refractivity (Wildman–Crippen MR) is 194 cm³/mol. The van der Waals surface area contributed by atoms with Crippen molar-refractivity contribution in [1.29, 1.82) is 0 Å². The molecular weight excluding hydrogens is 791 g/mol. The second kappa shape index (κ2) is 20.8. The molecule has 304 valence electrons. The first kappa shape index (κ1) is 47.9. The van der Waals surface area contributed by atoms with Gasteiger partial charge in [-0.3, -0.25) is 47.3 Å². The van der Waals surface area contributed by atoms with E-state index in [-0.39, 0.29) is 72.0 Å². The Kier molecular flexibility index (Phi) is 19.1. The third kappa shape index (κ3) is 23.0. The van der Waals surface area contributed by atoms with Crippen LogP contribution in [0.4, 0.5) is 0 Å². The monoisotopic (exact) mass is 846 g/mol. The van der Waals surface area contributed by atoms with Crippen LogP contribution < -0.4 is 0 Å². The Morgan fingerprint density at radius 3 is 1.13 bits per heavy atom. The molecule has 1 fully saturated rings. The van der Waals surface area contributed by atoms with Crippen molar-refractivity contribution in [3.63, 3.8) is 0 Å². The molecule has 10 N–H and O–H groups in total. The standard InChI is InChI=1S/C26H55N6O15P5/c1-24-3-5-25(6-4-24)17-26-18-27(2)7-8-28(19-48(33,34)35)9-10-29(20-49(36,37)38)11-12-30(21-50(39,40)41)13-14-31(22-51(42,43)44)15-16-32(26)23-52(45,46)47/h3-6,26H,7-23H2,1-2H3,(H2,33,34,35)(H2,36,37,38)(H2,39,40,41)(H2,42,43,44)(H2,45,46,47). The van der Waals surface area contributed by atoms with E-state index in [1.165, 1.54) is 24.5 Å². The number of aryl methyl sites for hydroxylation is 1. The molecule has 0 amide bonds. The minimum Gasteiger partial charge on any atom is -0.324 e. The Morgan fingerprint density at radius 2 is 0.808 bits per heavy atom. The van der Waals surface area contributed by atoms with Crippen molar-refractivity contribution < 1.29 is 71.8 Å². The maximum atomic E-state index is 12.4. The molecule has 0 radical (unpaired) electrons. The zero-order valence-electron chi connectivity index (χ0n) is 29.3. The van der Waals surface area contributed by atoms with Gasteiger partial charge in [0.15, 0.2) is 0 Å². The van der Waals surface area contributed by atoms with Gasteiger partial charge in [-0.15, -0.1) is 0 Å². The van der Waals surface area contributed by atoms with Crippen LogP contribution in [-0.2, 0) is 29.2 Å². The Balaban J connectivity index is 2.59. The molecule has 0 spiro atoms. The molecule has 0 aliphatic carbocycles. The first-order chi connectivity index (χ1) is 23.6. The predicted octanol–water partition coefficient (Wildman–Crippen LogP) is -0.962. The number of nitrogens with zero attached hydrogens (tertiary/aromatic N) is 6. The fourth-order valence-corrected chi connectivity index (χ4v) is 9.91. The highest BCUT2D eigenvalue weighted by molar-refractivity contribution is 7.52. The highest BCUT2D eigenvalue weighted by Gasteiger charge is 2.31. The third-order valence-corrected chi connectivity index (χ3v) is 12.0. The van der Waals surface area contributed by atoms with E-state index in [0.717, 1.165) is 11.1 Å². The fourth-order valence-electron chi connectivity index (χ4n) is 5.85. The zero-order chi connectivity index (χ0) is 39.5. The first-order valence-corrected chi connectivity index (χ1v) is 25.2. The van der Waals surface area contributed by atoms with Gasteiger partial charge in [0.2, 0.25) is 0 Å². The van der Waals surface area contributed by atoms with Gasteiger partial charge in [0.05, 0.1) is 0 Å². The van der Waals surface area contributed by atoms with E-state index in [1.807, 2.05) is 36.1 Å². The van der Waals surface area contributed by atoms with Crippen LogP contribution in [0.25, 0.3) is 0 Å². The summed E-state index contributed by atoms with van der Waals surface area (Å²) in [5.41, 5.74) is 1.83. The molecule has 0 bridgehead atoms. The summed E-state index contributed by atoms with van der Waals surface area (Å²) in [6.45, 7) is 1.49.